The Kier molecular flexibility index (Phi) is 6.21. The van der Waals surface area contributed by atoms with Crippen LogP contribution in [-0.4, -0.2) is 57.8 Å². The molecule has 1 saturated heterocycles. The molecule has 1 unspecified atom stereocenters. The van der Waals surface area contributed by atoms with Crippen LogP contribution in [0.1, 0.15) is 31.1 Å². The fourth-order valence-electron chi connectivity index (χ4n) is 3.50. The molecule has 28 heavy (non-hydrogen) atoms. The van der Waals surface area contributed by atoms with E-state index >= 15 is 0 Å². The van der Waals surface area contributed by atoms with Gasteiger partial charge in [0.15, 0.2) is 0 Å². The lowest BCUT2D eigenvalue weighted by atomic mass is 9.98. The molecule has 1 N–H and O–H groups in total. The highest BCUT2D eigenvalue weighted by molar-refractivity contribution is 6.46. The molecule has 6 nitrogen and oxygen atoms in total. The van der Waals surface area contributed by atoms with Crippen molar-refractivity contribution in [3.8, 4) is 0 Å². The molecule has 1 atom stereocenters. The minimum atomic E-state index is -0.697. The fraction of sp³-hybridized carbons (Fsp3) is 0.318. The Bertz CT molecular complexity index is 861. The summed E-state index contributed by atoms with van der Waals surface area (Å²) in [6.07, 6.45) is 1.63. The van der Waals surface area contributed by atoms with E-state index < -0.39 is 17.7 Å². The summed E-state index contributed by atoms with van der Waals surface area (Å²) in [6, 6.07) is 13.5. The molecule has 0 bridgehead atoms. The molecule has 0 aliphatic carbocycles. The molecule has 0 spiro atoms. The summed E-state index contributed by atoms with van der Waals surface area (Å²) in [7, 11) is 0. The van der Waals surface area contributed by atoms with E-state index in [-0.39, 0.29) is 11.3 Å². The summed E-state index contributed by atoms with van der Waals surface area (Å²) in [4.78, 5) is 33.7. The monoisotopic (exact) mass is 379 g/mol. The number of amides is 1. The average molecular weight is 379 g/mol. The third-order valence-electron chi connectivity index (χ3n) is 5.11. The number of nitrogens with zero attached hydrogens (tertiary/aromatic N) is 3. The zero-order valence-corrected chi connectivity index (χ0v) is 16.2. The molecule has 1 aliphatic heterocycles. The van der Waals surface area contributed by atoms with Gasteiger partial charge >= 0.3 is 0 Å². The molecule has 146 valence electrons. The molecule has 1 aromatic heterocycles. The molecule has 3 rings (SSSR count). The van der Waals surface area contributed by atoms with E-state index in [1.165, 1.54) is 4.90 Å². The molecule has 0 saturated carbocycles. The van der Waals surface area contributed by atoms with Crippen LogP contribution in [0.3, 0.4) is 0 Å². The molecule has 0 radical (unpaired) electrons. The van der Waals surface area contributed by atoms with Crippen molar-refractivity contribution >= 4 is 17.4 Å². The van der Waals surface area contributed by atoms with Gasteiger partial charge in [0, 0.05) is 24.8 Å². The Morgan fingerprint density at radius 2 is 1.75 bits per heavy atom. The Hall–Kier alpha value is -2.99. The largest absolute Gasteiger partial charge is 0.507 e. The van der Waals surface area contributed by atoms with Crippen molar-refractivity contribution in [2.75, 3.05) is 26.2 Å². The summed E-state index contributed by atoms with van der Waals surface area (Å²) in [5, 5.41) is 10.9. The third kappa shape index (κ3) is 3.82. The van der Waals surface area contributed by atoms with Crippen LogP contribution in [0, 0.1) is 0 Å². The summed E-state index contributed by atoms with van der Waals surface area (Å²) >= 11 is 0. The summed E-state index contributed by atoms with van der Waals surface area (Å²) < 4.78 is 0. The minimum absolute atomic E-state index is 0.0921. The Morgan fingerprint density at radius 1 is 1.07 bits per heavy atom. The first-order valence-electron chi connectivity index (χ1n) is 9.55. The number of hydrogen-bond acceptors (Lipinski definition) is 5. The van der Waals surface area contributed by atoms with E-state index in [1.807, 2.05) is 12.1 Å². The Morgan fingerprint density at radius 3 is 2.36 bits per heavy atom. The van der Waals surface area contributed by atoms with Crippen LogP contribution in [0.25, 0.3) is 5.76 Å². The van der Waals surface area contributed by atoms with E-state index in [1.54, 1.807) is 42.6 Å². The Balaban J connectivity index is 2.06. The predicted molar refractivity (Wildman–Crippen MR) is 107 cm³/mol. The van der Waals surface area contributed by atoms with Gasteiger partial charge in [0.05, 0.1) is 11.3 Å². The minimum Gasteiger partial charge on any atom is -0.507 e. The summed E-state index contributed by atoms with van der Waals surface area (Å²) in [5.74, 6) is -1.43. The van der Waals surface area contributed by atoms with Crippen molar-refractivity contribution in [2.45, 2.75) is 19.9 Å². The third-order valence-corrected chi connectivity index (χ3v) is 5.11. The van der Waals surface area contributed by atoms with Gasteiger partial charge in [-0.1, -0.05) is 50.2 Å². The summed E-state index contributed by atoms with van der Waals surface area (Å²) in [5.41, 5.74) is 1.17. The first kappa shape index (κ1) is 19.8. The SMILES string of the molecule is CCN(CC)CCN1C(=O)C(=O)C(=C(O)c2ccccc2)C1c1ccccn1. The van der Waals surface area contributed by atoms with Crippen LogP contribution in [-0.2, 0) is 9.59 Å². The molecular weight excluding hydrogens is 354 g/mol. The van der Waals surface area contributed by atoms with Crippen molar-refractivity contribution < 1.29 is 14.7 Å². The number of aliphatic hydroxyl groups is 1. The standard InChI is InChI=1S/C22H25N3O3/c1-3-24(4-2)14-15-25-19(17-12-8-9-13-23-17)18(21(27)22(25)28)20(26)16-10-6-5-7-11-16/h5-13,19,26H,3-4,14-15H2,1-2H3. The van der Waals surface area contributed by atoms with Gasteiger partial charge in [-0.2, -0.15) is 0 Å². The number of aromatic nitrogens is 1. The second kappa shape index (κ2) is 8.80. The lowest BCUT2D eigenvalue weighted by molar-refractivity contribution is -0.140. The van der Waals surface area contributed by atoms with Crippen LogP contribution < -0.4 is 0 Å². The number of rotatable bonds is 7. The Labute approximate surface area is 165 Å². The second-order valence-electron chi connectivity index (χ2n) is 6.64. The number of Topliss-reactive ketones (excluding diaryl/α,β-unsaturated/α-hetero) is 1. The predicted octanol–water partition coefficient (Wildman–Crippen LogP) is 2.85. The van der Waals surface area contributed by atoms with E-state index in [9.17, 15) is 14.7 Å². The van der Waals surface area contributed by atoms with Gasteiger partial charge in [0.1, 0.15) is 11.8 Å². The quantitative estimate of drug-likeness (QED) is 0.455. The van der Waals surface area contributed by atoms with Crippen molar-refractivity contribution in [2.24, 2.45) is 0 Å². The first-order valence-corrected chi connectivity index (χ1v) is 9.55. The number of carbonyl (C=O) groups excluding carboxylic acids is 2. The molecule has 1 aromatic carbocycles. The topological polar surface area (TPSA) is 73.7 Å². The highest BCUT2D eigenvalue weighted by Crippen LogP contribution is 2.38. The van der Waals surface area contributed by atoms with Gasteiger partial charge in [-0.15, -0.1) is 0 Å². The van der Waals surface area contributed by atoms with E-state index in [4.69, 9.17) is 0 Å². The number of hydrogen-bond donors (Lipinski definition) is 1. The number of carbonyl (C=O) groups is 2. The van der Waals surface area contributed by atoms with Gasteiger partial charge in [0.25, 0.3) is 11.7 Å². The van der Waals surface area contributed by atoms with E-state index in [0.29, 0.717) is 24.3 Å². The van der Waals surface area contributed by atoms with Crippen molar-refractivity contribution in [3.63, 3.8) is 0 Å². The van der Waals surface area contributed by atoms with Gasteiger partial charge in [0.2, 0.25) is 0 Å². The van der Waals surface area contributed by atoms with E-state index in [2.05, 4.69) is 23.7 Å². The summed E-state index contributed by atoms with van der Waals surface area (Å²) in [6.45, 7) is 6.87. The first-order chi connectivity index (χ1) is 13.6. The zero-order chi connectivity index (χ0) is 20.1. The normalized spacial score (nSPS) is 18.8. The van der Waals surface area contributed by atoms with Crippen molar-refractivity contribution in [1.29, 1.82) is 0 Å². The number of likely N-dealkylation sites (N-methyl/N-ethyl adjacent to an activating group) is 1. The molecule has 1 aliphatic rings. The van der Waals surface area contributed by atoms with Gasteiger partial charge < -0.3 is 14.9 Å². The number of likely N-dealkylation sites (tertiary alicyclic amines) is 1. The van der Waals surface area contributed by atoms with Crippen LogP contribution in [0.2, 0.25) is 0 Å². The molecule has 1 fully saturated rings. The highest BCUT2D eigenvalue weighted by atomic mass is 16.3. The van der Waals surface area contributed by atoms with Gasteiger partial charge in [-0.3, -0.25) is 14.6 Å². The molecule has 2 aromatic rings. The number of benzene rings is 1. The van der Waals surface area contributed by atoms with Crippen LogP contribution in [0.15, 0.2) is 60.3 Å². The maximum absolute atomic E-state index is 12.8. The number of pyridine rings is 1. The molecule has 1 amide bonds. The zero-order valence-electron chi connectivity index (χ0n) is 16.2. The smallest absolute Gasteiger partial charge is 0.295 e. The molecule has 2 heterocycles. The number of ketones is 1. The number of aliphatic hydroxyl groups excluding tert-OH is 1. The fourth-order valence-corrected chi connectivity index (χ4v) is 3.50. The maximum atomic E-state index is 12.8. The maximum Gasteiger partial charge on any atom is 0.295 e. The van der Waals surface area contributed by atoms with Crippen LogP contribution >= 0.6 is 0 Å². The lowest BCUT2D eigenvalue weighted by Crippen LogP contribution is -2.38. The molecular formula is C22H25N3O3. The van der Waals surface area contributed by atoms with Crippen molar-refractivity contribution in [1.82, 2.24) is 14.8 Å². The van der Waals surface area contributed by atoms with Gasteiger partial charge in [-0.25, -0.2) is 0 Å². The second-order valence-corrected chi connectivity index (χ2v) is 6.64. The van der Waals surface area contributed by atoms with E-state index in [0.717, 1.165) is 13.1 Å². The van der Waals surface area contributed by atoms with Gasteiger partial charge in [-0.05, 0) is 25.2 Å². The molecule has 6 heteroatoms. The van der Waals surface area contributed by atoms with Crippen molar-refractivity contribution in [3.05, 3.63) is 71.6 Å². The lowest BCUT2D eigenvalue weighted by Gasteiger charge is -2.27. The van der Waals surface area contributed by atoms with Crippen LogP contribution in [0.5, 0.6) is 0 Å². The van der Waals surface area contributed by atoms with Crippen LogP contribution in [0.4, 0.5) is 0 Å². The highest BCUT2D eigenvalue weighted by Gasteiger charge is 2.46. The average Bonchev–Trinajstić information content (AvgIpc) is 3.00.